The predicted octanol–water partition coefficient (Wildman–Crippen LogP) is 1.11. The monoisotopic (exact) mass is 309 g/mol. The normalized spacial score (nSPS) is 16.6. The summed E-state index contributed by atoms with van der Waals surface area (Å²) in [6, 6.07) is 11.4. The third kappa shape index (κ3) is 2.73. The number of tetrazole rings is 1. The minimum absolute atomic E-state index is 0.130. The van der Waals surface area contributed by atoms with Crippen LogP contribution in [-0.4, -0.2) is 39.1 Å². The van der Waals surface area contributed by atoms with E-state index in [0.29, 0.717) is 24.4 Å². The Bertz CT molecular complexity index is 860. The average Bonchev–Trinajstić information content (AvgIpc) is 3.07. The van der Waals surface area contributed by atoms with Gasteiger partial charge in [-0.3, -0.25) is 4.79 Å². The molecule has 3 heterocycles. The number of amides is 1. The van der Waals surface area contributed by atoms with Gasteiger partial charge in [0.15, 0.2) is 5.65 Å². The Morgan fingerprint density at radius 1 is 1.35 bits per heavy atom. The van der Waals surface area contributed by atoms with Crippen molar-refractivity contribution in [3.05, 3.63) is 53.7 Å². The van der Waals surface area contributed by atoms with Gasteiger partial charge in [0, 0.05) is 24.2 Å². The maximum Gasteiger partial charge on any atom is 0.251 e. The Kier molecular flexibility index (Phi) is 3.38. The third-order valence-electron chi connectivity index (χ3n) is 3.97. The minimum Gasteiger partial charge on any atom is -0.493 e. The minimum atomic E-state index is -0.130. The second-order valence-corrected chi connectivity index (χ2v) is 5.60. The maximum absolute atomic E-state index is 12.3. The van der Waals surface area contributed by atoms with Gasteiger partial charge in [-0.15, -0.1) is 5.10 Å². The molecule has 0 spiro atoms. The highest BCUT2D eigenvalue weighted by atomic mass is 16.5. The number of hydrogen-bond acceptors (Lipinski definition) is 5. The zero-order chi connectivity index (χ0) is 15.6. The van der Waals surface area contributed by atoms with E-state index in [2.05, 4.69) is 26.9 Å². The number of para-hydroxylation sites is 1. The van der Waals surface area contributed by atoms with E-state index in [1.165, 1.54) is 10.1 Å². The lowest BCUT2D eigenvalue weighted by Gasteiger charge is -2.25. The maximum atomic E-state index is 12.3. The summed E-state index contributed by atoms with van der Waals surface area (Å²) in [5.41, 5.74) is 2.28. The Balaban J connectivity index is 1.40. The SMILES string of the molecule is O=C(NCC1COc2ccccc2C1)c1ccn2nnnc2c1. The number of benzene rings is 1. The summed E-state index contributed by atoms with van der Waals surface area (Å²) >= 11 is 0. The molecular weight excluding hydrogens is 294 g/mol. The van der Waals surface area contributed by atoms with Crippen LogP contribution in [0.5, 0.6) is 5.75 Å². The van der Waals surface area contributed by atoms with Crippen LogP contribution in [0.2, 0.25) is 0 Å². The van der Waals surface area contributed by atoms with Crippen molar-refractivity contribution in [2.75, 3.05) is 13.2 Å². The van der Waals surface area contributed by atoms with E-state index < -0.39 is 0 Å². The predicted molar refractivity (Wildman–Crippen MR) is 82.2 cm³/mol. The van der Waals surface area contributed by atoms with Gasteiger partial charge in [-0.2, -0.15) is 0 Å². The first-order chi connectivity index (χ1) is 11.3. The summed E-state index contributed by atoms with van der Waals surface area (Å²) in [6.45, 7) is 1.19. The van der Waals surface area contributed by atoms with E-state index in [0.717, 1.165) is 12.2 Å². The van der Waals surface area contributed by atoms with E-state index >= 15 is 0 Å². The van der Waals surface area contributed by atoms with Crippen molar-refractivity contribution >= 4 is 11.6 Å². The number of fused-ring (bicyclic) bond motifs is 2. The topological polar surface area (TPSA) is 81.4 Å². The van der Waals surface area contributed by atoms with Crippen LogP contribution in [0.3, 0.4) is 0 Å². The van der Waals surface area contributed by atoms with Crippen LogP contribution in [0.25, 0.3) is 5.65 Å². The van der Waals surface area contributed by atoms with Crippen LogP contribution >= 0.6 is 0 Å². The van der Waals surface area contributed by atoms with Crippen LogP contribution in [-0.2, 0) is 6.42 Å². The Morgan fingerprint density at radius 3 is 3.22 bits per heavy atom. The lowest BCUT2D eigenvalue weighted by atomic mass is 9.96. The van der Waals surface area contributed by atoms with Gasteiger partial charge in [0.2, 0.25) is 0 Å². The van der Waals surface area contributed by atoms with Crippen molar-refractivity contribution < 1.29 is 9.53 Å². The van der Waals surface area contributed by atoms with E-state index in [9.17, 15) is 4.79 Å². The van der Waals surface area contributed by atoms with Gasteiger partial charge < -0.3 is 10.1 Å². The van der Waals surface area contributed by atoms with Gasteiger partial charge in [-0.1, -0.05) is 18.2 Å². The van der Waals surface area contributed by atoms with Gasteiger partial charge in [0.1, 0.15) is 5.75 Å². The van der Waals surface area contributed by atoms with Crippen molar-refractivity contribution in [2.24, 2.45) is 5.92 Å². The highest BCUT2D eigenvalue weighted by Gasteiger charge is 2.20. The smallest absolute Gasteiger partial charge is 0.251 e. The molecule has 1 amide bonds. The number of carbonyl (C=O) groups is 1. The van der Waals surface area contributed by atoms with Crippen LogP contribution in [0.1, 0.15) is 15.9 Å². The number of pyridine rings is 1. The highest BCUT2D eigenvalue weighted by Crippen LogP contribution is 2.26. The molecule has 23 heavy (non-hydrogen) atoms. The largest absolute Gasteiger partial charge is 0.493 e. The number of carbonyl (C=O) groups excluding carboxylic acids is 1. The van der Waals surface area contributed by atoms with Gasteiger partial charge >= 0.3 is 0 Å². The first-order valence-electron chi connectivity index (χ1n) is 7.46. The van der Waals surface area contributed by atoms with Crippen molar-refractivity contribution in [2.45, 2.75) is 6.42 Å². The summed E-state index contributed by atoms with van der Waals surface area (Å²) in [4.78, 5) is 12.3. The molecule has 1 aromatic carbocycles. The average molecular weight is 309 g/mol. The lowest BCUT2D eigenvalue weighted by Crippen LogP contribution is -2.34. The molecule has 1 unspecified atom stereocenters. The fourth-order valence-electron chi connectivity index (χ4n) is 2.74. The fourth-order valence-corrected chi connectivity index (χ4v) is 2.74. The molecule has 3 aromatic rings. The second-order valence-electron chi connectivity index (χ2n) is 5.60. The molecule has 1 aliphatic rings. The summed E-state index contributed by atoms with van der Waals surface area (Å²) in [7, 11) is 0. The Hall–Kier alpha value is -2.96. The molecule has 4 rings (SSSR count). The molecule has 0 saturated heterocycles. The number of nitrogens with zero attached hydrogens (tertiary/aromatic N) is 4. The zero-order valence-corrected chi connectivity index (χ0v) is 12.3. The van der Waals surface area contributed by atoms with Crippen LogP contribution in [0.4, 0.5) is 0 Å². The Labute approximate surface area is 132 Å². The molecule has 1 N–H and O–H groups in total. The lowest BCUT2D eigenvalue weighted by molar-refractivity contribution is 0.0939. The van der Waals surface area contributed by atoms with Gasteiger partial charge in [0.25, 0.3) is 5.91 Å². The summed E-state index contributed by atoms with van der Waals surface area (Å²) in [5, 5.41) is 14.1. The second kappa shape index (κ2) is 5.68. The number of nitrogens with one attached hydrogen (secondary N) is 1. The fraction of sp³-hybridized carbons (Fsp3) is 0.250. The first kappa shape index (κ1) is 13.7. The number of hydrogen-bond donors (Lipinski definition) is 1. The molecule has 0 saturated carbocycles. The molecule has 0 radical (unpaired) electrons. The van der Waals surface area contributed by atoms with Crippen molar-refractivity contribution in [1.82, 2.24) is 25.4 Å². The molecule has 0 aliphatic carbocycles. The number of rotatable bonds is 3. The van der Waals surface area contributed by atoms with E-state index in [-0.39, 0.29) is 11.8 Å². The molecule has 0 bridgehead atoms. The van der Waals surface area contributed by atoms with Crippen molar-refractivity contribution in [1.29, 1.82) is 0 Å². The van der Waals surface area contributed by atoms with Crippen molar-refractivity contribution in [3.63, 3.8) is 0 Å². The van der Waals surface area contributed by atoms with Crippen LogP contribution < -0.4 is 10.1 Å². The number of aromatic nitrogens is 4. The van der Waals surface area contributed by atoms with Crippen LogP contribution in [0.15, 0.2) is 42.6 Å². The molecule has 7 heteroatoms. The third-order valence-corrected chi connectivity index (χ3v) is 3.97. The molecule has 0 fully saturated rings. The van der Waals surface area contributed by atoms with E-state index in [1.54, 1.807) is 18.3 Å². The summed E-state index contributed by atoms with van der Waals surface area (Å²) in [6.07, 6.45) is 2.58. The molecule has 7 nitrogen and oxygen atoms in total. The summed E-state index contributed by atoms with van der Waals surface area (Å²) in [5.74, 6) is 1.08. The first-order valence-corrected chi connectivity index (χ1v) is 7.46. The molecule has 2 aromatic heterocycles. The number of ether oxygens (including phenoxy) is 1. The van der Waals surface area contributed by atoms with Crippen LogP contribution in [0, 0.1) is 5.92 Å². The zero-order valence-electron chi connectivity index (χ0n) is 12.3. The molecular formula is C16H15N5O2. The highest BCUT2D eigenvalue weighted by molar-refractivity contribution is 5.94. The molecule has 116 valence electrons. The quantitative estimate of drug-likeness (QED) is 0.783. The van der Waals surface area contributed by atoms with E-state index in [1.807, 2.05) is 18.2 Å². The van der Waals surface area contributed by atoms with E-state index in [4.69, 9.17) is 4.74 Å². The Morgan fingerprint density at radius 2 is 2.26 bits per heavy atom. The molecule has 1 aliphatic heterocycles. The molecule has 1 atom stereocenters. The van der Waals surface area contributed by atoms with Gasteiger partial charge in [0.05, 0.1) is 6.61 Å². The van der Waals surface area contributed by atoms with Gasteiger partial charge in [-0.05, 0) is 40.6 Å². The summed E-state index contributed by atoms with van der Waals surface area (Å²) < 4.78 is 7.26. The standard InChI is InChI=1S/C16H15N5O2/c22-16(13-5-6-21-15(8-13)18-19-20-21)17-9-11-7-12-3-1-2-4-14(12)23-10-11/h1-6,8,11H,7,9-10H2,(H,17,22). The van der Waals surface area contributed by atoms with Gasteiger partial charge in [-0.25, -0.2) is 4.52 Å². The van der Waals surface area contributed by atoms with Crippen molar-refractivity contribution in [3.8, 4) is 5.75 Å².